The molecule has 0 aromatic rings. The van der Waals surface area contributed by atoms with Crippen LogP contribution in [0, 0.1) is 0 Å². The first-order valence-corrected chi connectivity index (χ1v) is 5.96. The highest BCUT2D eigenvalue weighted by Gasteiger charge is 2.14. The summed E-state index contributed by atoms with van der Waals surface area (Å²) < 4.78 is 5.58. The molecule has 0 aromatic carbocycles. The van der Waals surface area contributed by atoms with Crippen molar-refractivity contribution in [1.82, 2.24) is 0 Å². The minimum Gasteiger partial charge on any atom is -0.378 e. The molecule has 0 amide bonds. The van der Waals surface area contributed by atoms with Crippen LogP contribution in [0.1, 0.15) is 51.9 Å². The average molecular weight is 210 g/mol. The van der Waals surface area contributed by atoms with Crippen LogP contribution < -0.4 is 0 Å². The molecule has 1 atom stereocenters. The molecular formula is C13H22O2. The van der Waals surface area contributed by atoms with Crippen LogP contribution in [0.3, 0.4) is 0 Å². The fourth-order valence-electron chi connectivity index (χ4n) is 1.83. The first-order valence-electron chi connectivity index (χ1n) is 5.96. The maximum absolute atomic E-state index is 11.5. The van der Waals surface area contributed by atoms with Crippen LogP contribution in [0.5, 0.6) is 0 Å². The topological polar surface area (TPSA) is 26.3 Å². The van der Waals surface area contributed by atoms with Crippen molar-refractivity contribution in [1.29, 1.82) is 0 Å². The smallest absolute Gasteiger partial charge is 0.133 e. The van der Waals surface area contributed by atoms with Crippen LogP contribution in [-0.2, 0) is 9.53 Å². The normalized spacial score (nSPS) is 21.3. The van der Waals surface area contributed by atoms with E-state index in [1.165, 1.54) is 12.8 Å². The minimum absolute atomic E-state index is 0.340. The Hall–Kier alpha value is -0.630. The molecule has 0 spiro atoms. The van der Waals surface area contributed by atoms with Crippen molar-refractivity contribution in [2.24, 2.45) is 0 Å². The molecule has 2 heteroatoms. The van der Waals surface area contributed by atoms with E-state index < -0.39 is 0 Å². The lowest BCUT2D eigenvalue weighted by molar-refractivity contribution is -0.120. The molecule has 0 radical (unpaired) electrons. The number of carbonyl (C=O) groups is 1. The van der Waals surface area contributed by atoms with Crippen molar-refractivity contribution < 1.29 is 9.53 Å². The Labute approximate surface area is 92.7 Å². The lowest BCUT2D eigenvalue weighted by atomic mass is 10.0. The van der Waals surface area contributed by atoms with Gasteiger partial charge in [0.05, 0.1) is 6.10 Å². The summed E-state index contributed by atoms with van der Waals surface area (Å²) in [6.07, 6.45) is 6.99. The monoisotopic (exact) mass is 210 g/mol. The van der Waals surface area contributed by atoms with Gasteiger partial charge in [-0.1, -0.05) is 5.57 Å². The van der Waals surface area contributed by atoms with E-state index in [2.05, 4.69) is 6.58 Å². The number of ether oxygens (including phenoxy) is 1. The summed E-state index contributed by atoms with van der Waals surface area (Å²) in [6, 6.07) is 0. The second kappa shape index (κ2) is 6.78. The van der Waals surface area contributed by atoms with Crippen molar-refractivity contribution in [3.8, 4) is 0 Å². The second-order valence-electron chi connectivity index (χ2n) is 4.52. The number of allylic oxidation sites excluding steroid dienone is 1. The summed E-state index contributed by atoms with van der Waals surface area (Å²) in [5.74, 6) is 0.354. The van der Waals surface area contributed by atoms with Gasteiger partial charge in [-0.05, 0) is 39.0 Å². The minimum atomic E-state index is 0.340. The van der Waals surface area contributed by atoms with Gasteiger partial charge in [0.2, 0.25) is 0 Å². The van der Waals surface area contributed by atoms with E-state index in [9.17, 15) is 4.79 Å². The van der Waals surface area contributed by atoms with Gasteiger partial charge in [0.25, 0.3) is 0 Å². The first kappa shape index (κ1) is 12.4. The highest BCUT2D eigenvalue weighted by atomic mass is 16.5. The van der Waals surface area contributed by atoms with Gasteiger partial charge in [-0.2, -0.15) is 0 Å². The molecular weight excluding hydrogens is 188 g/mol. The summed E-state index contributed by atoms with van der Waals surface area (Å²) in [4.78, 5) is 11.5. The molecule has 2 nitrogen and oxygen atoms in total. The number of carbonyl (C=O) groups excluding carboxylic acids is 1. The molecule has 0 bridgehead atoms. The third-order valence-electron chi connectivity index (χ3n) is 2.85. The maximum atomic E-state index is 11.5. The van der Waals surface area contributed by atoms with Gasteiger partial charge < -0.3 is 4.74 Å². The number of hydrogen-bond donors (Lipinski definition) is 0. The Kier molecular flexibility index (Phi) is 5.62. The standard InChI is InChI=1S/C13H22O2/c1-11(2)6-7-12(14)8-9-13-5-3-4-10-15-13/h13H,1,3-10H2,2H3. The first-order chi connectivity index (χ1) is 7.18. The molecule has 0 N–H and O–H groups in total. The largest absolute Gasteiger partial charge is 0.378 e. The zero-order chi connectivity index (χ0) is 11.1. The van der Waals surface area contributed by atoms with E-state index in [0.717, 1.165) is 31.4 Å². The Morgan fingerprint density at radius 2 is 2.13 bits per heavy atom. The lowest BCUT2D eigenvalue weighted by Gasteiger charge is -2.22. The molecule has 15 heavy (non-hydrogen) atoms. The third-order valence-corrected chi connectivity index (χ3v) is 2.85. The highest BCUT2D eigenvalue weighted by molar-refractivity contribution is 5.78. The van der Waals surface area contributed by atoms with Crippen molar-refractivity contribution in [3.63, 3.8) is 0 Å². The highest BCUT2D eigenvalue weighted by Crippen LogP contribution is 2.17. The molecule has 1 rings (SSSR count). The number of ketones is 1. The maximum Gasteiger partial charge on any atom is 0.133 e. The van der Waals surface area contributed by atoms with Gasteiger partial charge in [-0.15, -0.1) is 6.58 Å². The molecule has 1 unspecified atom stereocenters. The molecule has 0 aliphatic carbocycles. The summed E-state index contributed by atoms with van der Waals surface area (Å²) in [6.45, 7) is 6.65. The van der Waals surface area contributed by atoms with Gasteiger partial charge in [0.15, 0.2) is 0 Å². The SMILES string of the molecule is C=C(C)CCC(=O)CCC1CCCCO1. The fraction of sp³-hybridized carbons (Fsp3) is 0.769. The Morgan fingerprint density at radius 3 is 2.73 bits per heavy atom. The van der Waals surface area contributed by atoms with E-state index in [1.54, 1.807) is 0 Å². The predicted octanol–water partition coefficient (Wildman–Crippen LogP) is 3.26. The van der Waals surface area contributed by atoms with Gasteiger partial charge in [-0.25, -0.2) is 0 Å². The van der Waals surface area contributed by atoms with Crippen LogP contribution in [0.4, 0.5) is 0 Å². The van der Waals surface area contributed by atoms with E-state index >= 15 is 0 Å². The fourth-order valence-corrected chi connectivity index (χ4v) is 1.83. The van der Waals surface area contributed by atoms with Gasteiger partial charge in [-0.3, -0.25) is 4.79 Å². The van der Waals surface area contributed by atoms with Crippen molar-refractivity contribution in [2.75, 3.05) is 6.61 Å². The van der Waals surface area contributed by atoms with Gasteiger partial charge in [0.1, 0.15) is 5.78 Å². The molecule has 1 heterocycles. The third kappa shape index (κ3) is 5.73. The Bertz CT molecular complexity index is 215. The van der Waals surface area contributed by atoms with Crippen LogP contribution >= 0.6 is 0 Å². The molecule has 0 aromatic heterocycles. The summed E-state index contributed by atoms with van der Waals surface area (Å²) in [5.41, 5.74) is 1.09. The molecule has 1 fully saturated rings. The Morgan fingerprint density at radius 1 is 1.33 bits per heavy atom. The van der Waals surface area contributed by atoms with Crippen molar-refractivity contribution in [3.05, 3.63) is 12.2 Å². The van der Waals surface area contributed by atoms with Crippen LogP contribution in [0.15, 0.2) is 12.2 Å². The van der Waals surface area contributed by atoms with E-state index in [-0.39, 0.29) is 0 Å². The summed E-state index contributed by atoms with van der Waals surface area (Å²) in [5, 5.41) is 0. The van der Waals surface area contributed by atoms with Crippen LogP contribution in [-0.4, -0.2) is 18.5 Å². The van der Waals surface area contributed by atoms with E-state index in [4.69, 9.17) is 4.74 Å². The zero-order valence-electron chi connectivity index (χ0n) is 9.76. The molecule has 0 saturated carbocycles. The van der Waals surface area contributed by atoms with Crippen molar-refractivity contribution in [2.45, 2.75) is 58.0 Å². The van der Waals surface area contributed by atoms with Gasteiger partial charge in [0, 0.05) is 19.4 Å². The number of hydrogen-bond acceptors (Lipinski definition) is 2. The molecule has 86 valence electrons. The van der Waals surface area contributed by atoms with Crippen LogP contribution in [0.2, 0.25) is 0 Å². The molecule has 1 aliphatic heterocycles. The number of rotatable bonds is 6. The van der Waals surface area contributed by atoms with Gasteiger partial charge >= 0.3 is 0 Å². The quantitative estimate of drug-likeness (QED) is 0.629. The van der Waals surface area contributed by atoms with E-state index in [1.807, 2.05) is 6.92 Å². The summed E-state index contributed by atoms with van der Waals surface area (Å²) in [7, 11) is 0. The molecule has 1 aliphatic rings. The predicted molar refractivity (Wildman–Crippen MR) is 61.9 cm³/mol. The second-order valence-corrected chi connectivity index (χ2v) is 4.52. The zero-order valence-corrected chi connectivity index (χ0v) is 9.76. The average Bonchev–Trinajstić information content (AvgIpc) is 2.25. The van der Waals surface area contributed by atoms with Crippen LogP contribution in [0.25, 0.3) is 0 Å². The number of Topliss-reactive ketones (excluding diaryl/α,β-unsaturated/α-hetero) is 1. The van der Waals surface area contributed by atoms with Crippen molar-refractivity contribution >= 4 is 5.78 Å². The van der Waals surface area contributed by atoms with E-state index in [0.29, 0.717) is 24.7 Å². The summed E-state index contributed by atoms with van der Waals surface area (Å²) >= 11 is 0. The lowest BCUT2D eigenvalue weighted by Crippen LogP contribution is -2.19. The molecule has 1 saturated heterocycles. The Balaban J connectivity index is 2.07.